The molecule has 0 bridgehead atoms. The summed E-state index contributed by atoms with van der Waals surface area (Å²) in [6, 6.07) is 5.74. The highest BCUT2D eigenvalue weighted by Crippen LogP contribution is 2.27. The molecule has 0 aromatic heterocycles. The number of anilines is 1. The summed E-state index contributed by atoms with van der Waals surface area (Å²) >= 11 is 12.1. The highest BCUT2D eigenvalue weighted by molar-refractivity contribution is 6.35. The lowest BCUT2D eigenvalue weighted by Gasteiger charge is -2.32. The van der Waals surface area contributed by atoms with E-state index < -0.39 is 0 Å². The maximum atomic E-state index is 11.2. The summed E-state index contributed by atoms with van der Waals surface area (Å²) in [5.41, 5.74) is 0.866. The van der Waals surface area contributed by atoms with Crippen LogP contribution in [0.5, 0.6) is 0 Å². The van der Waals surface area contributed by atoms with Crippen molar-refractivity contribution in [3.05, 3.63) is 28.2 Å². The number of piperidine rings is 1. The molecule has 1 aromatic rings. The second-order valence-corrected chi connectivity index (χ2v) is 5.39. The van der Waals surface area contributed by atoms with Gasteiger partial charge in [0.1, 0.15) is 0 Å². The summed E-state index contributed by atoms with van der Waals surface area (Å²) in [6.45, 7) is 3.21. The van der Waals surface area contributed by atoms with Crippen LogP contribution in [0.15, 0.2) is 18.2 Å². The first-order chi connectivity index (χ1) is 8.56. The fourth-order valence-electron chi connectivity index (χ4n) is 2.17. The molecular formula is C13H16Cl2N2O. The first kappa shape index (κ1) is 13.5. The molecule has 1 saturated heterocycles. The molecular weight excluding hydrogens is 271 g/mol. The van der Waals surface area contributed by atoms with E-state index in [1.54, 1.807) is 19.1 Å². The van der Waals surface area contributed by atoms with Gasteiger partial charge in [-0.15, -0.1) is 0 Å². The number of nitrogens with zero attached hydrogens (tertiary/aromatic N) is 1. The Labute approximate surface area is 117 Å². The van der Waals surface area contributed by atoms with Gasteiger partial charge in [0.2, 0.25) is 5.91 Å². The molecule has 3 nitrogen and oxygen atoms in total. The van der Waals surface area contributed by atoms with Gasteiger partial charge in [0.15, 0.2) is 0 Å². The fourth-order valence-corrected chi connectivity index (χ4v) is 2.51. The van der Waals surface area contributed by atoms with Crippen LogP contribution in [0.1, 0.15) is 19.8 Å². The van der Waals surface area contributed by atoms with Crippen molar-refractivity contribution in [2.45, 2.75) is 25.8 Å². The Morgan fingerprint density at radius 2 is 2.00 bits per heavy atom. The third kappa shape index (κ3) is 3.30. The van der Waals surface area contributed by atoms with Gasteiger partial charge in [-0.2, -0.15) is 0 Å². The van der Waals surface area contributed by atoms with E-state index in [1.165, 1.54) is 0 Å². The summed E-state index contributed by atoms with van der Waals surface area (Å²) in [7, 11) is 0. The van der Waals surface area contributed by atoms with Crippen LogP contribution in [0.3, 0.4) is 0 Å². The topological polar surface area (TPSA) is 32.3 Å². The predicted molar refractivity (Wildman–Crippen MR) is 75.4 cm³/mol. The fraction of sp³-hybridized carbons (Fsp3) is 0.462. The molecule has 1 aromatic carbocycles. The Hall–Kier alpha value is -0.930. The molecule has 0 radical (unpaired) electrons. The Morgan fingerprint density at radius 3 is 2.61 bits per heavy atom. The molecule has 1 aliphatic rings. The number of carbonyl (C=O) groups is 1. The number of likely N-dealkylation sites (tertiary alicyclic amines) is 1. The van der Waals surface area contributed by atoms with Gasteiger partial charge < -0.3 is 10.2 Å². The average molecular weight is 287 g/mol. The van der Waals surface area contributed by atoms with Crippen LogP contribution in [0, 0.1) is 0 Å². The molecule has 1 amide bonds. The number of carbonyl (C=O) groups excluding carboxylic acids is 1. The first-order valence-electron chi connectivity index (χ1n) is 6.03. The van der Waals surface area contributed by atoms with E-state index in [9.17, 15) is 4.79 Å². The van der Waals surface area contributed by atoms with Gasteiger partial charge in [0, 0.05) is 31.1 Å². The van der Waals surface area contributed by atoms with Crippen molar-refractivity contribution in [2.75, 3.05) is 18.4 Å². The summed E-state index contributed by atoms with van der Waals surface area (Å²) in [5, 5.41) is 4.74. The Balaban J connectivity index is 1.95. The number of nitrogens with one attached hydrogen (secondary N) is 1. The molecule has 5 heteroatoms. The monoisotopic (exact) mass is 286 g/mol. The number of hydrogen-bond acceptors (Lipinski definition) is 2. The molecule has 1 N–H and O–H groups in total. The zero-order chi connectivity index (χ0) is 13.1. The maximum Gasteiger partial charge on any atom is 0.219 e. The normalized spacial score (nSPS) is 16.7. The Kier molecular flexibility index (Phi) is 4.36. The Bertz CT molecular complexity index is 443. The van der Waals surface area contributed by atoms with E-state index in [-0.39, 0.29) is 5.91 Å². The lowest BCUT2D eigenvalue weighted by Crippen LogP contribution is -2.41. The van der Waals surface area contributed by atoms with E-state index in [4.69, 9.17) is 23.2 Å². The highest BCUT2D eigenvalue weighted by Gasteiger charge is 2.20. The highest BCUT2D eigenvalue weighted by atomic mass is 35.5. The quantitative estimate of drug-likeness (QED) is 0.904. The zero-order valence-electron chi connectivity index (χ0n) is 10.2. The molecule has 1 aliphatic heterocycles. The predicted octanol–water partition coefficient (Wildman–Crippen LogP) is 3.42. The minimum atomic E-state index is 0.147. The molecule has 0 saturated carbocycles. The third-order valence-electron chi connectivity index (χ3n) is 3.23. The van der Waals surface area contributed by atoms with Crippen molar-refractivity contribution in [2.24, 2.45) is 0 Å². The molecule has 2 rings (SSSR count). The van der Waals surface area contributed by atoms with Gasteiger partial charge in [0.05, 0.1) is 10.7 Å². The maximum absolute atomic E-state index is 11.2. The molecule has 98 valence electrons. The molecule has 1 heterocycles. The van der Waals surface area contributed by atoms with Crippen LogP contribution in [0.4, 0.5) is 5.69 Å². The number of benzene rings is 1. The largest absolute Gasteiger partial charge is 0.381 e. The van der Waals surface area contributed by atoms with E-state index in [0.717, 1.165) is 31.6 Å². The van der Waals surface area contributed by atoms with Crippen LogP contribution in [-0.2, 0) is 4.79 Å². The van der Waals surface area contributed by atoms with Gasteiger partial charge in [-0.3, -0.25) is 4.79 Å². The zero-order valence-corrected chi connectivity index (χ0v) is 11.8. The SMILES string of the molecule is CC(=O)N1CCC(Nc2cc(Cl)ccc2Cl)CC1. The molecule has 0 unspecified atom stereocenters. The van der Waals surface area contributed by atoms with Crippen LogP contribution in [0.2, 0.25) is 10.0 Å². The number of rotatable bonds is 2. The number of amides is 1. The molecule has 0 spiro atoms. The second kappa shape index (κ2) is 5.81. The number of halogens is 2. The van der Waals surface area contributed by atoms with Gasteiger partial charge in [0.25, 0.3) is 0 Å². The van der Waals surface area contributed by atoms with Crippen molar-refractivity contribution in [1.29, 1.82) is 0 Å². The van der Waals surface area contributed by atoms with Crippen LogP contribution < -0.4 is 5.32 Å². The van der Waals surface area contributed by atoms with Crippen LogP contribution in [-0.4, -0.2) is 29.9 Å². The van der Waals surface area contributed by atoms with E-state index in [2.05, 4.69) is 5.32 Å². The van der Waals surface area contributed by atoms with Crippen LogP contribution >= 0.6 is 23.2 Å². The van der Waals surface area contributed by atoms with Gasteiger partial charge in [-0.1, -0.05) is 23.2 Å². The standard InChI is InChI=1S/C13H16Cl2N2O/c1-9(18)17-6-4-11(5-7-17)16-13-8-10(14)2-3-12(13)15/h2-3,8,11,16H,4-7H2,1H3. The minimum absolute atomic E-state index is 0.147. The van der Waals surface area contributed by atoms with E-state index >= 15 is 0 Å². The molecule has 18 heavy (non-hydrogen) atoms. The second-order valence-electron chi connectivity index (χ2n) is 4.55. The summed E-state index contributed by atoms with van der Waals surface area (Å²) in [5.74, 6) is 0.147. The van der Waals surface area contributed by atoms with E-state index in [1.807, 2.05) is 11.0 Å². The van der Waals surface area contributed by atoms with E-state index in [0.29, 0.717) is 16.1 Å². The van der Waals surface area contributed by atoms with Crippen molar-refractivity contribution < 1.29 is 4.79 Å². The molecule has 0 atom stereocenters. The average Bonchev–Trinajstić information content (AvgIpc) is 2.34. The van der Waals surface area contributed by atoms with Crippen molar-refractivity contribution in [1.82, 2.24) is 4.90 Å². The van der Waals surface area contributed by atoms with Gasteiger partial charge >= 0.3 is 0 Å². The summed E-state index contributed by atoms with van der Waals surface area (Å²) in [4.78, 5) is 13.1. The lowest BCUT2D eigenvalue weighted by molar-refractivity contribution is -0.129. The smallest absolute Gasteiger partial charge is 0.219 e. The number of hydrogen-bond donors (Lipinski definition) is 1. The summed E-state index contributed by atoms with van der Waals surface area (Å²) < 4.78 is 0. The lowest BCUT2D eigenvalue weighted by atomic mass is 10.0. The Morgan fingerprint density at radius 1 is 1.33 bits per heavy atom. The van der Waals surface area contributed by atoms with Crippen molar-refractivity contribution in [3.63, 3.8) is 0 Å². The third-order valence-corrected chi connectivity index (χ3v) is 3.79. The van der Waals surface area contributed by atoms with Crippen molar-refractivity contribution in [3.8, 4) is 0 Å². The van der Waals surface area contributed by atoms with Gasteiger partial charge in [-0.25, -0.2) is 0 Å². The van der Waals surface area contributed by atoms with Crippen molar-refractivity contribution >= 4 is 34.8 Å². The summed E-state index contributed by atoms with van der Waals surface area (Å²) in [6.07, 6.45) is 1.87. The molecule has 0 aliphatic carbocycles. The molecule has 1 fully saturated rings. The first-order valence-corrected chi connectivity index (χ1v) is 6.79. The van der Waals surface area contributed by atoms with Crippen LogP contribution in [0.25, 0.3) is 0 Å². The minimum Gasteiger partial charge on any atom is -0.381 e. The van der Waals surface area contributed by atoms with Gasteiger partial charge in [-0.05, 0) is 31.0 Å².